The van der Waals surface area contributed by atoms with Gasteiger partial charge in [0, 0.05) is 43.0 Å². The second kappa shape index (κ2) is 8.73. The van der Waals surface area contributed by atoms with E-state index in [1.165, 1.54) is 16.7 Å². The normalized spacial score (nSPS) is 12.2. The van der Waals surface area contributed by atoms with Crippen LogP contribution in [0, 0.1) is 11.8 Å². The Kier molecular flexibility index (Phi) is 5.14. The maximum Gasteiger partial charge on any atom is 0.223 e. The Balaban J connectivity index is 1.19. The van der Waals surface area contributed by atoms with Gasteiger partial charge in [-0.1, -0.05) is 24.1 Å². The SMILES string of the molecule is C(#Cc1ccnc(-c2ccnc(NCc3ccc4c(c3)CNC4)n2)n1)c1ccc2[nH]ncc2c1. The first-order valence-corrected chi connectivity index (χ1v) is 11.0. The summed E-state index contributed by atoms with van der Waals surface area (Å²) >= 11 is 0. The maximum atomic E-state index is 4.60. The summed E-state index contributed by atoms with van der Waals surface area (Å²) in [6, 6.07) is 16.0. The number of aromatic amines is 1. The Labute approximate surface area is 195 Å². The third-order valence-corrected chi connectivity index (χ3v) is 5.67. The Morgan fingerprint density at radius 3 is 2.82 bits per heavy atom. The molecule has 4 heterocycles. The summed E-state index contributed by atoms with van der Waals surface area (Å²) in [6.07, 6.45) is 5.18. The number of rotatable bonds is 4. The summed E-state index contributed by atoms with van der Waals surface area (Å²) in [5.41, 5.74) is 7.05. The fourth-order valence-corrected chi connectivity index (χ4v) is 3.92. The van der Waals surface area contributed by atoms with Gasteiger partial charge in [0.25, 0.3) is 0 Å². The number of hydrogen-bond acceptors (Lipinski definition) is 7. The van der Waals surface area contributed by atoms with Gasteiger partial charge in [0.2, 0.25) is 5.95 Å². The highest BCUT2D eigenvalue weighted by molar-refractivity contribution is 5.79. The van der Waals surface area contributed by atoms with E-state index in [4.69, 9.17) is 0 Å². The van der Waals surface area contributed by atoms with E-state index < -0.39 is 0 Å². The summed E-state index contributed by atoms with van der Waals surface area (Å²) < 4.78 is 0. The quantitative estimate of drug-likeness (QED) is 0.365. The Morgan fingerprint density at radius 2 is 1.82 bits per heavy atom. The molecular formula is C26H20N8. The van der Waals surface area contributed by atoms with E-state index in [1.54, 1.807) is 30.7 Å². The number of fused-ring (bicyclic) bond motifs is 2. The average molecular weight is 445 g/mol. The lowest BCUT2D eigenvalue weighted by atomic mass is 10.1. The van der Waals surface area contributed by atoms with E-state index in [9.17, 15) is 0 Å². The number of benzene rings is 2. The molecule has 8 nitrogen and oxygen atoms in total. The lowest BCUT2D eigenvalue weighted by Gasteiger charge is -2.08. The van der Waals surface area contributed by atoms with Gasteiger partial charge in [-0.2, -0.15) is 5.10 Å². The highest BCUT2D eigenvalue weighted by Gasteiger charge is 2.10. The highest BCUT2D eigenvalue weighted by Crippen LogP contribution is 2.18. The second-order valence-electron chi connectivity index (χ2n) is 8.01. The molecule has 3 N–H and O–H groups in total. The largest absolute Gasteiger partial charge is 0.350 e. The van der Waals surface area contributed by atoms with Crippen LogP contribution in [0.2, 0.25) is 0 Å². The summed E-state index contributed by atoms with van der Waals surface area (Å²) in [5, 5.41) is 14.7. The Hall–Kier alpha value is -4.61. The van der Waals surface area contributed by atoms with E-state index in [-0.39, 0.29) is 0 Å². The minimum Gasteiger partial charge on any atom is -0.350 e. The number of hydrogen-bond donors (Lipinski definition) is 3. The summed E-state index contributed by atoms with van der Waals surface area (Å²) in [5.74, 6) is 7.31. The molecule has 1 aliphatic heterocycles. The summed E-state index contributed by atoms with van der Waals surface area (Å²) in [4.78, 5) is 17.9. The third kappa shape index (κ3) is 4.20. The molecular weight excluding hydrogens is 424 g/mol. The molecule has 0 amide bonds. The first kappa shape index (κ1) is 20.0. The Morgan fingerprint density at radius 1 is 0.882 bits per heavy atom. The second-order valence-corrected chi connectivity index (χ2v) is 8.01. The first-order valence-electron chi connectivity index (χ1n) is 11.0. The predicted octanol–water partition coefficient (Wildman–Crippen LogP) is 3.43. The molecule has 0 saturated heterocycles. The van der Waals surface area contributed by atoms with Crippen LogP contribution in [0.4, 0.5) is 5.95 Å². The van der Waals surface area contributed by atoms with Gasteiger partial charge in [0.05, 0.1) is 11.7 Å². The van der Waals surface area contributed by atoms with Crippen molar-refractivity contribution in [2.24, 2.45) is 0 Å². The maximum absolute atomic E-state index is 4.60. The van der Waals surface area contributed by atoms with Crippen LogP contribution >= 0.6 is 0 Å². The molecule has 0 spiro atoms. The van der Waals surface area contributed by atoms with E-state index >= 15 is 0 Å². The van der Waals surface area contributed by atoms with Gasteiger partial charge < -0.3 is 10.6 Å². The molecule has 3 aromatic heterocycles. The van der Waals surface area contributed by atoms with E-state index in [1.807, 2.05) is 18.2 Å². The topological polar surface area (TPSA) is 104 Å². The molecule has 0 saturated carbocycles. The van der Waals surface area contributed by atoms with Gasteiger partial charge in [0.15, 0.2) is 5.82 Å². The van der Waals surface area contributed by atoms with Gasteiger partial charge >= 0.3 is 0 Å². The van der Waals surface area contributed by atoms with Crippen LogP contribution in [0.15, 0.2) is 67.1 Å². The summed E-state index contributed by atoms with van der Waals surface area (Å²) in [6.45, 7) is 2.50. The fourth-order valence-electron chi connectivity index (χ4n) is 3.92. The van der Waals surface area contributed by atoms with Crippen molar-refractivity contribution in [3.05, 3.63) is 95.1 Å². The van der Waals surface area contributed by atoms with Crippen molar-refractivity contribution in [3.8, 4) is 23.4 Å². The zero-order valence-electron chi connectivity index (χ0n) is 18.2. The fraction of sp³-hybridized carbons (Fsp3) is 0.115. The van der Waals surface area contributed by atoms with Gasteiger partial charge in [-0.05, 0) is 52.9 Å². The molecule has 8 heteroatoms. The van der Waals surface area contributed by atoms with Crippen molar-refractivity contribution < 1.29 is 0 Å². The minimum absolute atomic E-state index is 0.506. The van der Waals surface area contributed by atoms with Crippen LogP contribution in [0.1, 0.15) is 27.9 Å². The van der Waals surface area contributed by atoms with E-state index in [0.29, 0.717) is 29.7 Å². The number of anilines is 1. The number of nitrogens with zero attached hydrogens (tertiary/aromatic N) is 5. The predicted molar refractivity (Wildman–Crippen MR) is 129 cm³/mol. The molecule has 0 fully saturated rings. The van der Waals surface area contributed by atoms with Crippen molar-refractivity contribution in [1.29, 1.82) is 0 Å². The van der Waals surface area contributed by atoms with Crippen LogP contribution in [0.5, 0.6) is 0 Å². The molecule has 6 rings (SSSR count). The van der Waals surface area contributed by atoms with Crippen molar-refractivity contribution in [2.45, 2.75) is 19.6 Å². The highest BCUT2D eigenvalue weighted by atomic mass is 15.1. The molecule has 0 aliphatic carbocycles. The van der Waals surface area contributed by atoms with Crippen molar-refractivity contribution in [3.63, 3.8) is 0 Å². The van der Waals surface area contributed by atoms with Crippen LogP contribution in [-0.2, 0) is 19.6 Å². The van der Waals surface area contributed by atoms with Crippen LogP contribution in [0.3, 0.4) is 0 Å². The summed E-state index contributed by atoms with van der Waals surface area (Å²) in [7, 11) is 0. The molecule has 164 valence electrons. The Bertz CT molecular complexity index is 1560. The van der Waals surface area contributed by atoms with Crippen molar-refractivity contribution in [1.82, 2.24) is 35.5 Å². The van der Waals surface area contributed by atoms with Crippen LogP contribution < -0.4 is 10.6 Å². The molecule has 34 heavy (non-hydrogen) atoms. The standard InChI is InChI=1S/C26H20N8/c1-4-19-14-27-15-20(19)12-18(1)13-30-26-29-10-8-24(33-26)25-28-9-7-22(32-25)5-2-17-3-6-23-21(11-17)16-31-34-23/h1,3-4,6-12,16,27H,13-15H2,(H,31,34)(H,29,30,33). The van der Waals surface area contributed by atoms with Gasteiger partial charge in [-0.3, -0.25) is 5.10 Å². The molecule has 0 atom stereocenters. The van der Waals surface area contributed by atoms with Gasteiger partial charge in [0.1, 0.15) is 11.4 Å². The number of aromatic nitrogens is 6. The average Bonchev–Trinajstić information content (AvgIpc) is 3.55. The number of H-pyrrole nitrogens is 1. The smallest absolute Gasteiger partial charge is 0.223 e. The first-order chi connectivity index (χ1) is 16.8. The zero-order chi connectivity index (χ0) is 22.7. The molecule has 0 bridgehead atoms. The van der Waals surface area contributed by atoms with Gasteiger partial charge in [-0.15, -0.1) is 0 Å². The molecule has 5 aromatic rings. The lowest BCUT2D eigenvalue weighted by molar-refractivity contribution is 0.764. The van der Waals surface area contributed by atoms with Gasteiger partial charge in [-0.25, -0.2) is 19.9 Å². The van der Waals surface area contributed by atoms with Crippen LogP contribution in [0.25, 0.3) is 22.4 Å². The molecule has 0 radical (unpaired) electrons. The third-order valence-electron chi connectivity index (χ3n) is 5.67. The van der Waals surface area contributed by atoms with Crippen molar-refractivity contribution >= 4 is 16.9 Å². The zero-order valence-corrected chi connectivity index (χ0v) is 18.2. The lowest BCUT2D eigenvalue weighted by Crippen LogP contribution is -2.05. The van der Waals surface area contributed by atoms with Crippen molar-refractivity contribution in [2.75, 3.05) is 5.32 Å². The van der Waals surface area contributed by atoms with E-state index in [0.717, 1.165) is 29.6 Å². The molecule has 1 aliphatic rings. The van der Waals surface area contributed by atoms with Crippen LogP contribution in [-0.4, -0.2) is 30.1 Å². The van der Waals surface area contributed by atoms with E-state index in [2.05, 4.69) is 70.8 Å². The molecule has 2 aromatic carbocycles. The monoisotopic (exact) mass is 444 g/mol. The minimum atomic E-state index is 0.506. The molecule has 0 unspecified atom stereocenters. The number of nitrogens with one attached hydrogen (secondary N) is 3.